The number of ether oxygens (including phenoxy) is 2. The molecule has 0 fully saturated rings. The fourth-order valence-corrected chi connectivity index (χ4v) is 2.46. The first-order valence-corrected chi connectivity index (χ1v) is 7.68. The van der Waals surface area contributed by atoms with Gasteiger partial charge < -0.3 is 13.9 Å². The first kappa shape index (κ1) is 15.1. The molecule has 0 saturated carbocycles. The van der Waals surface area contributed by atoms with Crippen molar-refractivity contribution < 1.29 is 13.9 Å². The smallest absolute Gasteiger partial charge is 0.212 e. The number of nitrogens with zero attached hydrogens (tertiary/aromatic N) is 2. The van der Waals surface area contributed by atoms with E-state index in [-0.39, 0.29) is 5.43 Å². The van der Waals surface area contributed by atoms with E-state index in [0.717, 1.165) is 5.56 Å². The maximum absolute atomic E-state index is 11.5. The Hall–Kier alpha value is -3.41. The Kier molecular flexibility index (Phi) is 3.78. The first-order valence-electron chi connectivity index (χ1n) is 7.68. The van der Waals surface area contributed by atoms with Crippen LogP contribution in [0.2, 0.25) is 0 Å². The predicted octanol–water partition coefficient (Wildman–Crippen LogP) is 3.28. The van der Waals surface area contributed by atoms with Crippen LogP contribution in [0.25, 0.3) is 22.6 Å². The minimum Gasteiger partial charge on any atom is -0.489 e. The lowest BCUT2D eigenvalue weighted by molar-refractivity contribution is 0.305. The number of pyridine rings is 1. The standard InChI is InChI=1S/C19H14N2O4/c1-23-19-7-2-12(10-20-19)11-24-14-4-6-16-18(9-14)25-17-8-13(22)3-5-15(17)21-16/h2-10H,11H2,1H3. The van der Waals surface area contributed by atoms with Crippen molar-refractivity contribution in [3.8, 4) is 23.1 Å². The van der Waals surface area contributed by atoms with Gasteiger partial charge in [0.25, 0.3) is 0 Å². The summed E-state index contributed by atoms with van der Waals surface area (Å²) in [5.74, 6) is 1.66. The molecule has 6 nitrogen and oxygen atoms in total. The molecule has 2 heterocycles. The van der Waals surface area contributed by atoms with E-state index < -0.39 is 0 Å². The molecule has 25 heavy (non-hydrogen) atoms. The Bertz CT molecular complexity index is 1060. The van der Waals surface area contributed by atoms with E-state index >= 15 is 0 Å². The Morgan fingerprint density at radius 2 is 2.00 bits per heavy atom. The Morgan fingerprint density at radius 3 is 2.80 bits per heavy atom. The van der Waals surface area contributed by atoms with Gasteiger partial charge in [0.15, 0.2) is 16.8 Å². The molecule has 0 bridgehead atoms. The molecule has 0 unspecified atom stereocenters. The number of aromatic nitrogens is 2. The second-order valence-corrected chi connectivity index (χ2v) is 5.47. The summed E-state index contributed by atoms with van der Waals surface area (Å²) in [5.41, 5.74) is 2.71. The normalized spacial score (nSPS) is 10.9. The average Bonchev–Trinajstić information content (AvgIpc) is 2.65. The molecule has 0 radical (unpaired) electrons. The zero-order valence-electron chi connectivity index (χ0n) is 13.4. The van der Waals surface area contributed by atoms with E-state index in [4.69, 9.17) is 13.9 Å². The molecule has 1 aliphatic carbocycles. The molecule has 0 N–H and O–H groups in total. The molecule has 1 aliphatic heterocycles. The number of methoxy groups -OCH3 is 1. The fraction of sp³-hybridized carbons (Fsp3) is 0.105. The monoisotopic (exact) mass is 334 g/mol. The largest absolute Gasteiger partial charge is 0.489 e. The molecule has 0 spiro atoms. The molecule has 4 rings (SSSR count). The van der Waals surface area contributed by atoms with Gasteiger partial charge in [-0.3, -0.25) is 4.79 Å². The molecule has 0 atom stereocenters. The first-order chi connectivity index (χ1) is 12.2. The number of benzene rings is 2. The van der Waals surface area contributed by atoms with Gasteiger partial charge in [0.05, 0.1) is 7.11 Å². The number of hydrogen-bond donors (Lipinski definition) is 0. The van der Waals surface area contributed by atoms with Crippen LogP contribution < -0.4 is 14.9 Å². The highest BCUT2D eigenvalue weighted by molar-refractivity contribution is 5.77. The van der Waals surface area contributed by atoms with Gasteiger partial charge in [-0.05, 0) is 30.3 Å². The molecular weight excluding hydrogens is 320 g/mol. The molecule has 1 aromatic carbocycles. The van der Waals surface area contributed by atoms with Gasteiger partial charge in [0.2, 0.25) is 5.88 Å². The van der Waals surface area contributed by atoms with Crippen LogP contribution in [0.3, 0.4) is 0 Å². The molecular formula is C19H14N2O4. The van der Waals surface area contributed by atoms with Crippen molar-refractivity contribution in [2.24, 2.45) is 0 Å². The second kappa shape index (κ2) is 6.24. The zero-order chi connectivity index (χ0) is 17.2. The van der Waals surface area contributed by atoms with Gasteiger partial charge in [-0.1, -0.05) is 0 Å². The molecule has 6 heteroatoms. The predicted molar refractivity (Wildman–Crippen MR) is 92.0 cm³/mol. The summed E-state index contributed by atoms with van der Waals surface area (Å²) in [4.78, 5) is 20.1. The minimum atomic E-state index is -0.114. The van der Waals surface area contributed by atoms with E-state index in [2.05, 4.69) is 9.97 Å². The van der Waals surface area contributed by atoms with Gasteiger partial charge in [-0.15, -0.1) is 0 Å². The van der Waals surface area contributed by atoms with Crippen LogP contribution >= 0.6 is 0 Å². The third-order valence-corrected chi connectivity index (χ3v) is 3.74. The lowest BCUT2D eigenvalue weighted by Crippen LogP contribution is -2.00. The van der Waals surface area contributed by atoms with Crippen LogP contribution in [0.5, 0.6) is 11.6 Å². The van der Waals surface area contributed by atoms with Crippen LogP contribution in [0.15, 0.2) is 63.9 Å². The highest BCUT2D eigenvalue weighted by Crippen LogP contribution is 2.26. The van der Waals surface area contributed by atoms with Crippen molar-refractivity contribution in [2.75, 3.05) is 7.11 Å². The lowest BCUT2D eigenvalue weighted by atomic mass is 10.2. The van der Waals surface area contributed by atoms with E-state index in [1.807, 2.05) is 18.2 Å². The van der Waals surface area contributed by atoms with Crippen molar-refractivity contribution in [3.05, 3.63) is 70.5 Å². The van der Waals surface area contributed by atoms with Gasteiger partial charge in [0.1, 0.15) is 23.6 Å². The highest BCUT2D eigenvalue weighted by Gasteiger charge is 2.10. The summed E-state index contributed by atoms with van der Waals surface area (Å²) >= 11 is 0. The molecule has 0 amide bonds. The van der Waals surface area contributed by atoms with Crippen LogP contribution in [0.1, 0.15) is 5.56 Å². The quantitative estimate of drug-likeness (QED) is 0.533. The summed E-state index contributed by atoms with van der Waals surface area (Å²) in [6.45, 7) is 0.369. The van der Waals surface area contributed by atoms with Crippen LogP contribution in [-0.4, -0.2) is 17.1 Å². The van der Waals surface area contributed by atoms with E-state index in [0.29, 0.717) is 40.8 Å². The maximum Gasteiger partial charge on any atom is 0.212 e. The lowest BCUT2D eigenvalue weighted by Gasteiger charge is -2.09. The van der Waals surface area contributed by atoms with Crippen LogP contribution in [0, 0.1) is 0 Å². The van der Waals surface area contributed by atoms with Crippen LogP contribution in [0.4, 0.5) is 0 Å². The Labute approximate surface area is 143 Å². The highest BCUT2D eigenvalue weighted by atomic mass is 16.5. The summed E-state index contributed by atoms with van der Waals surface area (Å²) in [6, 6.07) is 13.6. The third kappa shape index (κ3) is 3.14. The molecule has 2 aliphatic rings. The fourth-order valence-electron chi connectivity index (χ4n) is 2.46. The van der Waals surface area contributed by atoms with E-state index in [9.17, 15) is 4.79 Å². The van der Waals surface area contributed by atoms with Crippen molar-refractivity contribution in [3.63, 3.8) is 0 Å². The second-order valence-electron chi connectivity index (χ2n) is 5.47. The van der Waals surface area contributed by atoms with Crippen LogP contribution in [-0.2, 0) is 6.61 Å². The number of fused-ring (bicyclic) bond motifs is 2. The zero-order valence-corrected chi connectivity index (χ0v) is 13.4. The summed E-state index contributed by atoms with van der Waals surface area (Å²) in [7, 11) is 1.57. The third-order valence-electron chi connectivity index (χ3n) is 3.74. The van der Waals surface area contributed by atoms with Crippen molar-refractivity contribution >= 4 is 11.1 Å². The topological polar surface area (TPSA) is 74.5 Å². The van der Waals surface area contributed by atoms with Gasteiger partial charge >= 0.3 is 0 Å². The maximum atomic E-state index is 11.5. The summed E-state index contributed by atoms with van der Waals surface area (Å²) in [5, 5.41) is 0. The van der Waals surface area contributed by atoms with Crippen molar-refractivity contribution in [1.82, 2.24) is 9.97 Å². The van der Waals surface area contributed by atoms with E-state index in [1.165, 1.54) is 12.1 Å². The summed E-state index contributed by atoms with van der Waals surface area (Å²) in [6.07, 6.45) is 1.70. The van der Waals surface area contributed by atoms with Gasteiger partial charge in [-0.2, -0.15) is 0 Å². The minimum absolute atomic E-state index is 0.114. The van der Waals surface area contributed by atoms with Gasteiger partial charge in [-0.25, -0.2) is 9.97 Å². The number of rotatable bonds is 4. The van der Waals surface area contributed by atoms with Crippen molar-refractivity contribution in [1.29, 1.82) is 0 Å². The number of hydrogen-bond acceptors (Lipinski definition) is 6. The van der Waals surface area contributed by atoms with E-state index in [1.54, 1.807) is 31.5 Å². The average molecular weight is 334 g/mol. The molecule has 124 valence electrons. The molecule has 2 aromatic rings. The van der Waals surface area contributed by atoms with Gasteiger partial charge in [0, 0.05) is 30.0 Å². The molecule has 1 aromatic heterocycles. The van der Waals surface area contributed by atoms with Crippen molar-refractivity contribution in [2.45, 2.75) is 6.61 Å². The Balaban J connectivity index is 1.60. The molecule has 0 saturated heterocycles. The SMILES string of the molecule is COc1ccc(COc2ccc3nc4ccc(=O)cc-4oc3c2)cn1. The Morgan fingerprint density at radius 1 is 1.08 bits per heavy atom. The summed E-state index contributed by atoms with van der Waals surface area (Å²) < 4.78 is 16.6.